The highest BCUT2D eigenvalue weighted by Crippen LogP contribution is 2.27. The van der Waals surface area contributed by atoms with Crippen LogP contribution in [0, 0.1) is 17.8 Å². The van der Waals surface area contributed by atoms with Crippen molar-refractivity contribution >= 4 is 59.1 Å². The first kappa shape index (κ1) is 51.8. The number of nitrogens with two attached hydrogens (primary N) is 2. The molecule has 0 aromatic heterocycles. The lowest BCUT2D eigenvalue weighted by atomic mass is 9.83. The largest absolute Gasteiger partial charge is 0.480 e. The number of amides is 9. The zero-order valence-corrected chi connectivity index (χ0v) is 36.0. The van der Waals surface area contributed by atoms with Crippen molar-refractivity contribution in [3.05, 3.63) is 48.0 Å². The molecule has 0 saturated heterocycles. The first-order chi connectivity index (χ1) is 29.2. The minimum atomic E-state index is -1.40. The lowest BCUT2D eigenvalue weighted by Gasteiger charge is -2.33. The molecule has 342 valence electrons. The molecule has 1 aromatic carbocycles. The van der Waals surface area contributed by atoms with Gasteiger partial charge in [-0.15, -0.1) is 0 Å². The van der Waals surface area contributed by atoms with Crippen LogP contribution < -0.4 is 48.7 Å². The van der Waals surface area contributed by atoms with E-state index in [1.54, 1.807) is 44.2 Å². The lowest BCUT2D eigenvalue weighted by Crippen LogP contribution is -2.60. The Hall–Kier alpha value is -6.34. The monoisotopic (exact) mass is 869 g/mol. The number of carbonyl (C=O) groups is 10. The fraction of sp³-hybridized carbons (Fsp3) is 0.571. The average Bonchev–Trinajstić information content (AvgIpc) is 3.21. The van der Waals surface area contributed by atoms with Gasteiger partial charge in [-0.05, 0) is 55.9 Å². The number of carboxylic acid groups (broad SMARTS) is 1. The molecular weight excluding hydrogens is 807 g/mol. The van der Waals surface area contributed by atoms with Crippen molar-refractivity contribution in [1.82, 2.24) is 37.2 Å². The van der Waals surface area contributed by atoms with E-state index in [4.69, 9.17) is 11.5 Å². The molecule has 0 heterocycles. The maximum Gasteiger partial charge on any atom is 0.326 e. The van der Waals surface area contributed by atoms with Crippen molar-refractivity contribution in [3.63, 3.8) is 0 Å². The molecule has 0 bridgehead atoms. The topological polar surface area (TPSA) is 327 Å². The maximum atomic E-state index is 14.0. The normalized spacial score (nSPS) is 15.8. The van der Waals surface area contributed by atoms with Crippen molar-refractivity contribution in [1.29, 1.82) is 0 Å². The van der Waals surface area contributed by atoms with Crippen molar-refractivity contribution in [2.24, 2.45) is 29.2 Å². The van der Waals surface area contributed by atoms with Gasteiger partial charge in [0.05, 0.1) is 6.54 Å². The summed E-state index contributed by atoms with van der Waals surface area (Å²) in [5.41, 5.74) is 11.5. The summed E-state index contributed by atoms with van der Waals surface area (Å²) in [7, 11) is 0. The summed E-state index contributed by atoms with van der Waals surface area (Å²) in [6, 6.07) is 1.54. The number of hydrogen-bond donors (Lipinski definition) is 10. The van der Waals surface area contributed by atoms with E-state index in [1.165, 1.54) is 6.92 Å². The molecule has 1 aliphatic rings. The van der Waals surface area contributed by atoms with E-state index in [-0.39, 0.29) is 43.4 Å². The van der Waals surface area contributed by atoms with E-state index in [2.05, 4.69) is 37.2 Å². The van der Waals surface area contributed by atoms with E-state index in [0.29, 0.717) is 18.4 Å². The van der Waals surface area contributed by atoms with Gasteiger partial charge in [0.1, 0.15) is 36.3 Å². The second kappa shape index (κ2) is 26.1. The summed E-state index contributed by atoms with van der Waals surface area (Å²) < 4.78 is 0. The van der Waals surface area contributed by atoms with Gasteiger partial charge in [-0.3, -0.25) is 43.2 Å². The zero-order chi connectivity index (χ0) is 46.5. The molecule has 0 aliphatic heterocycles. The van der Waals surface area contributed by atoms with E-state index in [1.807, 2.05) is 13.8 Å². The van der Waals surface area contributed by atoms with Crippen LogP contribution in [0.25, 0.3) is 0 Å². The first-order valence-electron chi connectivity index (χ1n) is 20.8. The Balaban J connectivity index is 2.10. The van der Waals surface area contributed by atoms with Gasteiger partial charge in [0, 0.05) is 25.0 Å². The summed E-state index contributed by atoms with van der Waals surface area (Å²) in [6.45, 7) is 7.84. The van der Waals surface area contributed by atoms with Gasteiger partial charge in [0.15, 0.2) is 0 Å². The molecular formula is C42H63N9O11. The summed E-state index contributed by atoms with van der Waals surface area (Å²) in [4.78, 5) is 127. The second-order valence-electron chi connectivity index (χ2n) is 16.2. The third-order valence-electron chi connectivity index (χ3n) is 10.1. The van der Waals surface area contributed by atoms with E-state index in [9.17, 15) is 53.1 Å². The number of benzene rings is 1. The predicted octanol–water partition coefficient (Wildman–Crippen LogP) is -1.05. The number of primary amides is 2. The minimum Gasteiger partial charge on any atom is -0.480 e. The molecule has 0 spiro atoms. The molecule has 1 fully saturated rings. The number of nitrogens with one attached hydrogen (secondary N) is 7. The molecule has 20 nitrogen and oxygen atoms in total. The molecule has 0 unspecified atom stereocenters. The number of rotatable bonds is 25. The van der Waals surface area contributed by atoms with Gasteiger partial charge >= 0.3 is 5.97 Å². The molecule has 9 amide bonds. The van der Waals surface area contributed by atoms with Crippen LogP contribution in [0.1, 0.15) is 91.5 Å². The molecule has 1 saturated carbocycles. The average molecular weight is 870 g/mol. The Morgan fingerprint density at radius 3 is 1.84 bits per heavy atom. The first-order valence-corrected chi connectivity index (χ1v) is 20.8. The highest BCUT2D eigenvalue weighted by Gasteiger charge is 2.36. The van der Waals surface area contributed by atoms with Gasteiger partial charge in [-0.25, -0.2) is 4.79 Å². The second-order valence-corrected chi connectivity index (χ2v) is 16.2. The highest BCUT2D eigenvalue weighted by molar-refractivity contribution is 6.01. The van der Waals surface area contributed by atoms with Gasteiger partial charge < -0.3 is 53.8 Å². The van der Waals surface area contributed by atoms with E-state index < -0.39 is 102 Å². The molecule has 12 N–H and O–H groups in total. The molecule has 20 heteroatoms. The summed E-state index contributed by atoms with van der Waals surface area (Å²) in [5, 5.41) is 27.0. The van der Waals surface area contributed by atoms with Crippen LogP contribution in [0.2, 0.25) is 0 Å². The van der Waals surface area contributed by atoms with E-state index in [0.717, 1.165) is 31.4 Å². The Kier molecular flexibility index (Phi) is 21.8. The standard InChI is InChI=1S/C42H63N9O11/c1-23(2)20-29(40(59)50-35(24(3)4)37(44)56)49-41(60)36(27-14-10-7-11-15-27)51-39(58)28(16-17-31(43)52)47-33(54)19-18-32(53)46-25(5)38(57)45-22-34(55)48-30(42(61)62)21-26-12-8-6-9-13-26/h6,8-9,12-13,18-19,23-25,27-30,35-36H,7,10-11,14-17,20-22H2,1-5H3,(H2,43,52)(H2,44,56)(H,45,57)(H,46,53)(H,47,54)(H,48,55)(H,49,60)(H,50,59)(H,51,58)(H,61,62)/b19-18+/t25-,28-,29-,30-,35-,36-/m0/s1. The smallest absolute Gasteiger partial charge is 0.326 e. The van der Waals surface area contributed by atoms with Gasteiger partial charge in [0.2, 0.25) is 53.2 Å². The molecule has 0 radical (unpaired) electrons. The Labute approximate surface area is 361 Å². The van der Waals surface area contributed by atoms with E-state index >= 15 is 0 Å². The third-order valence-corrected chi connectivity index (χ3v) is 10.1. The zero-order valence-electron chi connectivity index (χ0n) is 36.0. The van der Waals surface area contributed by atoms with Crippen LogP contribution in [0.4, 0.5) is 0 Å². The van der Waals surface area contributed by atoms with Crippen LogP contribution in [0.3, 0.4) is 0 Å². The Morgan fingerprint density at radius 2 is 1.29 bits per heavy atom. The molecule has 1 aliphatic carbocycles. The van der Waals surface area contributed by atoms with Crippen LogP contribution in [-0.4, -0.2) is 107 Å². The van der Waals surface area contributed by atoms with Crippen molar-refractivity contribution < 1.29 is 53.1 Å². The van der Waals surface area contributed by atoms with Gasteiger partial charge in [-0.2, -0.15) is 0 Å². The molecule has 6 atom stereocenters. The van der Waals surface area contributed by atoms with Gasteiger partial charge in [0.25, 0.3) is 0 Å². The summed E-state index contributed by atoms with van der Waals surface area (Å²) in [6.07, 6.45) is 4.83. The Morgan fingerprint density at radius 1 is 0.694 bits per heavy atom. The quantitative estimate of drug-likeness (QED) is 0.0529. The fourth-order valence-corrected chi connectivity index (χ4v) is 6.77. The third kappa shape index (κ3) is 18.9. The van der Waals surface area contributed by atoms with Crippen molar-refractivity contribution in [3.8, 4) is 0 Å². The summed E-state index contributed by atoms with van der Waals surface area (Å²) in [5.74, 6) is -9.02. The maximum absolute atomic E-state index is 14.0. The van der Waals surface area contributed by atoms with Crippen LogP contribution in [0.15, 0.2) is 42.5 Å². The molecule has 62 heavy (non-hydrogen) atoms. The Bertz CT molecular complexity index is 1780. The van der Waals surface area contributed by atoms with Crippen molar-refractivity contribution in [2.75, 3.05) is 6.54 Å². The molecule has 2 rings (SSSR count). The summed E-state index contributed by atoms with van der Waals surface area (Å²) >= 11 is 0. The van der Waals surface area contributed by atoms with Crippen LogP contribution in [-0.2, 0) is 54.4 Å². The predicted molar refractivity (Wildman–Crippen MR) is 226 cm³/mol. The van der Waals surface area contributed by atoms with Crippen LogP contribution in [0.5, 0.6) is 0 Å². The lowest BCUT2D eigenvalue weighted by molar-refractivity contribution is -0.141. The molecule has 1 aromatic rings. The van der Waals surface area contributed by atoms with Gasteiger partial charge in [-0.1, -0.05) is 77.3 Å². The highest BCUT2D eigenvalue weighted by atomic mass is 16.4. The fourth-order valence-electron chi connectivity index (χ4n) is 6.77. The number of hydrogen-bond acceptors (Lipinski definition) is 10. The SMILES string of the molecule is CC(C)C[C@H](NC(=O)[C@@H](NC(=O)[C@H](CCC(N)=O)NC(=O)/C=C/C(=O)N[C@@H](C)C(=O)NCC(=O)N[C@@H](Cc1ccccc1)C(=O)O)C1CCCCC1)C(=O)N[C@H](C(N)=O)C(C)C. The number of carbonyl (C=O) groups excluding carboxylic acids is 9. The number of carboxylic acids is 1. The van der Waals surface area contributed by atoms with Crippen LogP contribution >= 0.6 is 0 Å². The number of aliphatic carboxylic acids is 1. The van der Waals surface area contributed by atoms with Crippen molar-refractivity contribution in [2.45, 2.75) is 129 Å². The minimum absolute atomic E-state index is 0.0119.